The van der Waals surface area contributed by atoms with E-state index in [1.165, 1.54) is 10.6 Å². The van der Waals surface area contributed by atoms with E-state index in [9.17, 15) is 9.90 Å². The first kappa shape index (κ1) is 17.5. The zero-order valence-electron chi connectivity index (χ0n) is 13.4. The lowest BCUT2D eigenvalue weighted by molar-refractivity contribution is -0.0236. The summed E-state index contributed by atoms with van der Waals surface area (Å²) in [5, 5.41) is 9.73. The van der Waals surface area contributed by atoms with Gasteiger partial charge in [-0.1, -0.05) is 19.6 Å². The Labute approximate surface area is 136 Å². The number of aliphatic hydroxyl groups excluding tert-OH is 1. The van der Waals surface area contributed by atoms with Crippen LogP contribution in [0.25, 0.3) is 0 Å². The van der Waals surface area contributed by atoms with Gasteiger partial charge in [-0.05, 0) is 17.9 Å². The fraction of sp³-hybridized carbons (Fsp3) is 0.714. The smallest absolute Gasteiger partial charge is 0.351 e. The highest BCUT2D eigenvalue weighted by atomic mass is 32.2. The molecule has 0 spiro atoms. The Bertz CT molecular complexity index is 561. The van der Waals surface area contributed by atoms with Crippen molar-refractivity contribution in [3.05, 3.63) is 22.7 Å². The second-order valence-electron chi connectivity index (χ2n) is 6.81. The summed E-state index contributed by atoms with van der Waals surface area (Å²) in [4.78, 5) is 15.6. The molecule has 1 aliphatic heterocycles. The van der Waals surface area contributed by atoms with Gasteiger partial charge in [0.2, 0.25) is 0 Å². The van der Waals surface area contributed by atoms with Crippen molar-refractivity contribution in [1.82, 2.24) is 9.55 Å². The summed E-state index contributed by atoms with van der Waals surface area (Å²) in [6, 6.07) is 2.82. The number of anilines is 1. The summed E-state index contributed by atoms with van der Waals surface area (Å²) in [6.07, 6.45) is 1.70. The molecule has 2 heterocycles. The molecule has 0 amide bonds. The summed E-state index contributed by atoms with van der Waals surface area (Å²) >= 11 is 1.84. The van der Waals surface area contributed by atoms with Crippen LogP contribution in [0.4, 0.5) is 5.82 Å². The molecule has 0 radical (unpaired) electrons. The Morgan fingerprint density at radius 2 is 2.27 bits per heavy atom. The molecule has 2 rings (SSSR count). The van der Waals surface area contributed by atoms with Gasteiger partial charge in [-0.2, -0.15) is 16.7 Å². The molecule has 6 nitrogen and oxygen atoms in total. The molecule has 0 saturated carbocycles. The van der Waals surface area contributed by atoms with E-state index in [2.05, 4.69) is 24.6 Å². The first-order valence-corrected chi connectivity index (χ1v) is 12.3. The predicted molar refractivity (Wildman–Crippen MR) is 92.9 cm³/mol. The number of aromatic nitrogens is 2. The molecule has 0 bridgehead atoms. The van der Waals surface area contributed by atoms with E-state index in [0.29, 0.717) is 6.42 Å². The lowest BCUT2D eigenvalue weighted by atomic mass is 10.2. The fourth-order valence-corrected chi connectivity index (χ4v) is 6.26. The number of nitrogens with two attached hydrogens (primary N) is 1. The average molecular weight is 344 g/mol. The lowest BCUT2D eigenvalue weighted by Crippen LogP contribution is -2.27. The molecule has 124 valence electrons. The maximum absolute atomic E-state index is 11.9. The van der Waals surface area contributed by atoms with Crippen LogP contribution in [0.15, 0.2) is 17.1 Å². The number of nitrogens with zero attached hydrogens (tertiary/aromatic N) is 2. The molecule has 0 aliphatic carbocycles. The van der Waals surface area contributed by atoms with Crippen LogP contribution in [0.3, 0.4) is 0 Å². The molecule has 1 saturated heterocycles. The molecule has 1 aromatic rings. The van der Waals surface area contributed by atoms with Gasteiger partial charge in [0.1, 0.15) is 12.0 Å². The summed E-state index contributed by atoms with van der Waals surface area (Å²) < 4.78 is 7.29. The van der Waals surface area contributed by atoms with Gasteiger partial charge in [0.05, 0.1) is 12.7 Å². The molecule has 1 aromatic heterocycles. The van der Waals surface area contributed by atoms with Crippen molar-refractivity contribution in [2.45, 2.75) is 49.7 Å². The predicted octanol–water partition coefficient (Wildman–Crippen LogP) is 1.55. The Balaban J connectivity index is 2.01. The minimum atomic E-state index is -1.06. The molecule has 8 heteroatoms. The third-order valence-electron chi connectivity index (χ3n) is 3.71. The molecule has 0 aromatic carbocycles. The highest BCUT2D eigenvalue weighted by molar-refractivity contribution is 8.00. The van der Waals surface area contributed by atoms with E-state index in [-0.39, 0.29) is 30.0 Å². The topological polar surface area (TPSA) is 90.4 Å². The zero-order chi connectivity index (χ0) is 16.3. The van der Waals surface area contributed by atoms with Crippen molar-refractivity contribution in [2.24, 2.45) is 0 Å². The van der Waals surface area contributed by atoms with E-state index in [1.54, 1.807) is 12.3 Å². The second-order valence-corrected chi connectivity index (χ2v) is 13.8. The molecule has 3 N–H and O–H groups in total. The van der Waals surface area contributed by atoms with Crippen LogP contribution in [0.2, 0.25) is 25.7 Å². The van der Waals surface area contributed by atoms with Crippen molar-refractivity contribution in [2.75, 3.05) is 18.1 Å². The minimum absolute atomic E-state index is 0.0295. The van der Waals surface area contributed by atoms with Crippen molar-refractivity contribution in [3.63, 3.8) is 0 Å². The van der Waals surface area contributed by atoms with E-state index in [1.807, 2.05) is 11.8 Å². The maximum Gasteiger partial charge on any atom is 0.351 e. The highest BCUT2D eigenvalue weighted by Crippen LogP contribution is 2.36. The number of rotatable bonds is 6. The number of aliphatic hydroxyl groups is 1. The van der Waals surface area contributed by atoms with E-state index in [4.69, 9.17) is 10.5 Å². The molecular formula is C14H25N3O3SSi. The van der Waals surface area contributed by atoms with Gasteiger partial charge in [0.25, 0.3) is 0 Å². The molecule has 1 fully saturated rings. The molecular weight excluding hydrogens is 318 g/mol. The Morgan fingerprint density at radius 3 is 2.86 bits per heavy atom. The van der Waals surface area contributed by atoms with E-state index in [0.717, 1.165) is 5.75 Å². The zero-order valence-corrected chi connectivity index (χ0v) is 15.2. The van der Waals surface area contributed by atoms with E-state index < -0.39 is 13.8 Å². The van der Waals surface area contributed by atoms with Crippen molar-refractivity contribution >= 4 is 25.7 Å². The third-order valence-corrected chi connectivity index (χ3v) is 7.18. The Morgan fingerprint density at radius 1 is 1.55 bits per heavy atom. The van der Waals surface area contributed by atoms with Crippen LogP contribution in [-0.2, 0) is 4.74 Å². The average Bonchev–Trinajstić information content (AvgIpc) is 2.80. The summed E-state index contributed by atoms with van der Waals surface area (Å²) in [5.41, 5.74) is 5.10. The number of hydrogen-bond donors (Lipinski definition) is 2. The quantitative estimate of drug-likeness (QED) is 0.762. The number of nitrogen functional groups attached to an aromatic ring is 1. The number of hydrogen-bond acceptors (Lipinski definition) is 6. The summed E-state index contributed by atoms with van der Waals surface area (Å²) in [6.45, 7) is 7.03. The van der Waals surface area contributed by atoms with Crippen LogP contribution in [-0.4, -0.2) is 46.4 Å². The summed E-state index contributed by atoms with van der Waals surface area (Å²) in [7, 11) is -1.06. The monoisotopic (exact) mass is 343 g/mol. The first-order valence-electron chi connectivity index (χ1n) is 7.53. The van der Waals surface area contributed by atoms with E-state index >= 15 is 0 Å². The SMILES string of the molecule is C[Si](C)(C)CCS[C@H]1C[C@H](n2ccc(N)nc2=O)O[C@@H]1CO. The number of ether oxygens (including phenoxy) is 1. The molecule has 22 heavy (non-hydrogen) atoms. The van der Waals surface area contributed by atoms with Crippen LogP contribution in [0.5, 0.6) is 0 Å². The second kappa shape index (κ2) is 7.16. The molecule has 3 atom stereocenters. The van der Waals surface area contributed by atoms with Crippen LogP contribution in [0.1, 0.15) is 12.6 Å². The molecule has 1 aliphatic rings. The van der Waals surface area contributed by atoms with Gasteiger partial charge in [0.15, 0.2) is 0 Å². The fourth-order valence-electron chi connectivity index (χ4n) is 2.37. The van der Waals surface area contributed by atoms with Gasteiger partial charge >= 0.3 is 5.69 Å². The van der Waals surface area contributed by atoms with Gasteiger partial charge in [-0.3, -0.25) is 4.57 Å². The Hall–Kier alpha value is -0.833. The van der Waals surface area contributed by atoms with Crippen LogP contribution in [0, 0.1) is 0 Å². The van der Waals surface area contributed by atoms with Crippen molar-refractivity contribution in [1.29, 1.82) is 0 Å². The van der Waals surface area contributed by atoms with Gasteiger partial charge < -0.3 is 15.6 Å². The third kappa shape index (κ3) is 4.58. The van der Waals surface area contributed by atoms with Crippen LogP contribution >= 0.6 is 11.8 Å². The van der Waals surface area contributed by atoms with Gasteiger partial charge in [-0.15, -0.1) is 0 Å². The standard InChI is InChI=1S/C14H25N3O3SSi/c1-22(2,3)7-6-21-11-8-13(20-10(11)9-18)17-5-4-12(15)16-14(17)19/h4-5,10-11,13,18H,6-9H2,1-3H3,(H2,15,16,19)/t10-,11+,13-/m1/s1. The largest absolute Gasteiger partial charge is 0.394 e. The summed E-state index contributed by atoms with van der Waals surface area (Å²) in [5.74, 6) is 1.28. The Kier molecular flexibility index (Phi) is 5.70. The highest BCUT2D eigenvalue weighted by Gasteiger charge is 2.36. The number of thioether (sulfide) groups is 1. The van der Waals surface area contributed by atoms with Crippen LogP contribution < -0.4 is 11.4 Å². The van der Waals surface area contributed by atoms with Crippen molar-refractivity contribution < 1.29 is 9.84 Å². The lowest BCUT2D eigenvalue weighted by Gasteiger charge is -2.19. The molecule has 0 unspecified atom stereocenters. The normalized spacial score (nSPS) is 25.5. The maximum atomic E-state index is 11.9. The van der Waals surface area contributed by atoms with Gasteiger partial charge in [-0.25, -0.2) is 4.79 Å². The van der Waals surface area contributed by atoms with Gasteiger partial charge in [0, 0.05) is 25.9 Å². The first-order chi connectivity index (χ1) is 10.3. The van der Waals surface area contributed by atoms with Crippen molar-refractivity contribution in [3.8, 4) is 0 Å². The minimum Gasteiger partial charge on any atom is -0.394 e.